The van der Waals surface area contributed by atoms with Crippen molar-refractivity contribution < 1.29 is 5.21 Å². The van der Waals surface area contributed by atoms with Gasteiger partial charge in [-0.2, -0.15) is 5.10 Å². The van der Waals surface area contributed by atoms with Crippen LogP contribution in [-0.4, -0.2) is 25.4 Å². The number of hydrogen-bond acceptors (Lipinski definition) is 4. The number of amidine groups is 1. The summed E-state index contributed by atoms with van der Waals surface area (Å²) in [6.07, 6.45) is 3.51. The Labute approximate surface area is 109 Å². The molecule has 0 saturated heterocycles. The number of rotatable bonds is 4. The lowest BCUT2D eigenvalue weighted by Crippen LogP contribution is -2.32. The van der Waals surface area contributed by atoms with Gasteiger partial charge in [0.15, 0.2) is 5.84 Å². The predicted octanol–water partition coefficient (Wildman–Crippen LogP) is 0.148. The zero-order valence-corrected chi connectivity index (χ0v) is 10.5. The summed E-state index contributed by atoms with van der Waals surface area (Å²) in [7, 11) is 0. The largest absolute Gasteiger partial charge is 0.409 e. The van der Waals surface area contributed by atoms with Crippen LogP contribution in [0, 0.1) is 6.92 Å². The third-order valence-electron chi connectivity index (χ3n) is 2.89. The minimum absolute atomic E-state index is 0.183. The van der Waals surface area contributed by atoms with Crippen LogP contribution in [0.15, 0.2) is 40.5 Å². The van der Waals surface area contributed by atoms with Crippen LogP contribution in [-0.2, 0) is 13.1 Å². The summed E-state index contributed by atoms with van der Waals surface area (Å²) in [5.41, 5.74) is 6.20. The quantitative estimate of drug-likeness (QED) is 0.354. The van der Waals surface area contributed by atoms with Crippen LogP contribution < -0.4 is 11.3 Å². The number of aromatic nitrogens is 3. The second kappa shape index (κ2) is 5.38. The Morgan fingerprint density at radius 1 is 1.47 bits per heavy atom. The number of pyridine rings is 1. The van der Waals surface area contributed by atoms with Gasteiger partial charge in [0.2, 0.25) is 0 Å². The number of hydrogen-bond donors (Lipinski definition) is 2. The van der Waals surface area contributed by atoms with Gasteiger partial charge in [0.25, 0.3) is 5.56 Å². The molecule has 7 nitrogen and oxygen atoms in total. The molecule has 2 aromatic heterocycles. The van der Waals surface area contributed by atoms with Gasteiger partial charge in [0.05, 0.1) is 12.1 Å². The van der Waals surface area contributed by atoms with Crippen LogP contribution in [0.1, 0.15) is 11.3 Å². The van der Waals surface area contributed by atoms with E-state index in [1.165, 1.54) is 0 Å². The number of oxime groups is 1. The molecule has 2 rings (SSSR count). The summed E-state index contributed by atoms with van der Waals surface area (Å²) in [5, 5.41) is 15.6. The van der Waals surface area contributed by atoms with Crippen molar-refractivity contribution in [2.45, 2.75) is 20.0 Å². The van der Waals surface area contributed by atoms with Crippen LogP contribution >= 0.6 is 0 Å². The van der Waals surface area contributed by atoms with Crippen molar-refractivity contribution in [2.75, 3.05) is 0 Å². The van der Waals surface area contributed by atoms with E-state index in [0.29, 0.717) is 13.1 Å². The topological polar surface area (TPSA) is 98.4 Å². The molecule has 0 bridgehead atoms. The van der Waals surface area contributed by atoms with Crippen LogP contribution in [0.4, 0.5) is 0 Å². The first-order chi connectivity index (χ1) is 9.13. The molecular formula is C12H15N5O2. The Kier molecular flexibility index (Phi) is 3.65. The Hall–Kier alpha value is -2.57. The zero-order valence-electron chi connectivity index (χ0n) is 10.5. The zero-order chi connectivity index (χ0) is 13.8. The minimum atomic E-state index is -0.276. The molecule has 0 aliphatic heterocycles. The molecule has 3 N–H and O–H groups in total. The van der Waals surface area contributed by atoms with Gasteiger partial charge in [-0.15, -0.1) is 0 Å². The molecule has 0 aromatic carbocycles. The summed E-state index contributed by atoms with van der Waals surface area (Å²) in [5.74, 6) is -0.183. The highest BCUT2D eigenvalue weighted by Gasteiger charge is 2.10. The summed E-state index contributed by atoms with van der Waals surface area (Å²) in [6, 6.07) is 5.14. The van der Waals surface area contributed by atoms with E-state index in [0.717, 1.165) is 5.69 Å². The molecule has 2 aromatic rings. The molecule has 0 saturated carbocycles. The van der Waals surface area contributed by atoms with Gasteiger partial charge in [-0.3, -0.25) is 9.48 Å². The molecule has 0 unspecified atom stereocenters. The van der Waals surface area contributed by atoms with Gasteiger partial charge in [-0.25, -0.2) is 0 Å². The molecule has 19 heavy (non-hydrogen) atoms. The number of nitrogens with zero attached hydrogens (tertiary/aromatic N) is 4. The summed E-state index contributed by atoms with van der Waals surface area (Å²) < 4.78 is 3.32. The van der Waals surface area contributed by atoms with E-state index in [1.54, 1.807) is 27.6 Å². The van der Waals surface area contributed by atoms with Crippen molar-refractivity contribution in [3.05, 3.63) is 52.2 Å². The highest BCUT2D eigenvalue weighted by molar-refractivity contribution is 5.96. The van der Waals surface area contributed by atoms with E-state index in [-0.39, 0.29) is 17.0 Å². The van der Waals surface area contributed by atoms with Crippen molar-refractivity contribution in [3.8, 4) is 0 Å². The number of aryl methyl sites for hydroxylation is 2. The van der Waals surface area contributed by atoms with Crippen molar-refractivity contribution in [3.63, 3.8) is 0 Å². The fourth-order valence-corrected chi connectivity index (χ4v) is 1.83. The summed E-state index contributed by atoms with van der Waals surface area (Å²) in [6.45, 7) is 2.88. The Morgan fingerprint density at radius 3 is 2.89 bits per heavy atom. The molecule has 0 aliphatic carbocycles. The lowest BCUT2D eigenvalue weighted by Gasteiger charge is -2.11. The van der Waals surface area contributed by atoms with E-state index >= 15 is 0 Å². The maximum atomic E-state index is 12.2. The maximum absolute atomic E-state index is 12.2. The average molecular weight is 261 g/mol. The smallest absolute Gasteiger partial charge is 0.261 e. The Bertz CT molecular complexity index is 643. The summed E-state index contributed by atoms with van der Waals surface area (Å²) >= 11 is 0. The molecule has 0 atom stereocenters. The van der Waals surface area contributed by atoms with Crippen molar-refractivity contribution >= 4 is 5.84 Å². The van der Waals surface area contributed by atoms with Crippen LogP contribution in [0.3, 0.4) is 0 Å². The highest BCUT2D eigenvalue weighted by atomic mass is 16.4. The monoisotopic (exact) mass is 261 g/mol. The fourth-order valence-electron chi connectivity index (χ4n) is 1.83. The second-order valence-electron chi connectivity index (χ2n) is 4.10. The van der Waals surface area contributed by atoms with E-state index < -0.39 is 0 Å². The van der Waals surface area contributed by atoms with Gasteiger partial charge >= 0.3 is 0 Å². The molecule has 0 fully saturated rings. The molecule has 100 valence electrons. The van der Waals surface area contributed by atoms with E-state index in [1.807, 2.05) is 19.2 Å². The predicted molar refractivity (Wildman–Crippen MR) is 70.2 cm³/mol. The van der Waals surface area contributed by atoms with Gasteiger partial charge in [-0.05, 0) is 25.1 Å². The van der Waals surface area contributed by atoms with Crippen LogP contribution in [0.2, 0.25) is 0 Å². The maximum Gasteiger partial charge on any atom is 0.261 e. The third kappa shape index (κ3) is 2.65. The van der Waals surface area contributed by atoms with Gasteiger partial charge in [-0.1, -0.05) is 5.16 Å². The van der Waals surface area contributed by atoms with Gasteiger partial charge < -0.3 is 15.5 Å². The number of nitrogens with two attached hydrogens (primary N) is 1. The first-order valence-electron chi connectivity index (χ1n) is 5.79. The second-order valence-corrected chi connectivity index (χ2v) is 4.10. The van der Waals surface area contributed by atoms with Crippen LogP contribution in [0.5, 0.6) is 0 Å². The molecule has 0 spiro atoms. The standard InChI is InChI=1S/C12H15N5O2/c1-9-3-4-10(11(13)15-19)12(18)17(9)8-7-16-6-2-5-14-16/h2-6,19H,7-8H2,1H3,(H2,13,15). The fraction of sp³-hybridized carbons (Fsp3) is 0.250. The molecular weight excluding hydrogens is 246 g/mol. The lowest BCUT2D eigenvalue weighted by atomic mass is 10.2. The van der Waals surface area contributed by atoms with E-state index in [9.17, 15) is 4.79 Å². The van der Waals surface area contributed by atoms with Crippen molar-refractivity contribution in [1.29, 1.82) is 0 Å². The molecule has 0 radical (unpaired) electrons. The Morgan fingerprint density at radius 2 is 2.26 bits per heavy atom. The molecule has 2 heterocycles. The highest BCUT2D eigenvalue weighted by Crippen LogP contribution is 1.99. The van der Waals surface area contributed by atoms with Crippen molar-refractivity contribution in [2.24, 2.45) is 10.9 Å². The molecule has 7 heteroatoms. The van der Waals surface area contributed by atoms with Crippen LogP contribution in [0.25, 0.3) is 0 Å². The minimum Gasteiger partial charge on any atom is -0.409 e. The normalized spacial score (nSPS) is 11.7. The first kappa shape index (κ1) is 12.9. The van der Waals surface area contributed by atoms with E-state index in [4.69, 9.17) is 10.9 Å². The van der Waals surface area contributed by atoms with Gasteiger partial charge in [0, 0.05) is 24.6 Å². The van der Waals surface area contributed by atoms with Gasteiger partial charge in [0.1, 0.15) is 0 Å². The van der Waals surface area contributed by atoms with Crippen molar-refractivity contribution in [1.82, 2.24) is 14.3 Å². The first-order valence-corrected chi connectivity index (χ1v) is 5.79. The molecule has 0 amide bonds. The third-order valence-corrected chi connectivity index (χ3v) is 2.89. The summed E-state index contributed by atoms with van der Waals surface area (Å²) in [4.78, 5) is 12.2. The Balaban J connectivity index is 2.31. The lowest BCUT2D eigenvalue weighted by molar-refractivity contribution is 0.318. The van der Waals surface area contributed by atoms with E-state index in [2.05, 4.69) is 10.3 Å². The SMILES string of the molecule is Cc1ccc(/C(N)=N/O)c(=O)n1CCn1cccn1. The average Bonchev–Trinajstić information content (AvgIpc) is 2.91. The molecule has 0 aliphatic rings.